The summed E-state index contributed by atoms with van der Waals surface area (Å²) in [7, 11) is 0. The van der Waals surface area contributed by atoms with E-state index in [0.29, 0.717) is 33.6 Å². The first-order valence-electron chi connectivity index (χ1n) is 9.82. The van der Waals surface area contributed by atoms with Crippen LogP contribution in [0.25, 0.3) is 22.6 Å². The number of hydrogen-bond donors (Lipinski definition) is 0. The maximum Gasteiger partial charge on any atom is 0.306 e. The lowest BCUT2D eigenvalue weighted by Gasteiger charge is -2.12. The van der Waals surface area contributed by atoms with Crippen LogP contribution in [0.3, 0.4) is 0 Å². The van der Waals surface area contributed by atoms with Gasteiger partial charge in [0.15, 0.2) is 17.0 Å². The van der Waals surface area contributed by atoms with Gasteiger partial charge in [-0.25, -0.2) is 4.98 Å². The van der Waals surface area contributed by atoms with Gasteiger partial charge in [-0.3, -0.25) is 14.2 Å². The standard InChI is InChI=1S/C21H17BrN4O5/c22-16-8-7-15(30-16)20-25-24-18(31-20)11-29-19(27)10-9-17-23-14-4-2-1-3-13(14)21(28)26(17)12-5-6-12/h1-4,7-8,12H,5-6,9-11H2. The molecule has 1 aliphatic rings. The van der Waals surface area contributed by atoms with E-state index in [1.165, 1.54) is 0 Å². The molecule has 0 bridgehead atoms. The first-order chi connectivity index (χ1) is 15.1. The van der Waals surface area contributed by atoms with Crippen LogP contribution in [0.2, 0.25) is 0 Å². The Morgan fingerprint density at radius 2 is 2.00 bits per heavy atom. The zero-order chi connectivity index (χ0) is 21.4. The number of fused-ring (bicyclic) bond motifs is 1. The Balaban J connectivity index is 1.24. The van der Waals surface area contributed by atoms with Crippen LogP contribution in [-0.4, -0.2) is 25.7 Å². The summed E-state index contributed by atoms with van der Waals surface area (Å²) < 4.78 is 18.3. The average Bonchev–Trinajstić information content (AvgIpc) is 3.32. The fraction of sp³-hybridized carbons (Fsp3) is 0.286. The molecule has 3 aromatic heterocycles. The van der Waals surface area contributed by atoms with Crippen molar-refractivity contribution in [2.24, 2.45) is 0 Å². The topological polar surface area (TPSA) is 113 Å². The van der Waals surface area contributed by atoms with Crippen LogP contribution in [0.15, 0.2) is 54.7 Å². The minimum absolute atomic E-state index is 0.0561. The Kier molecular flexibility index (Phi) is 5.14. The van der Waals surface area contributed by atoms with Crippen LogP contribution < -0.4 is 5.56 Å². The van der Waals surface area contributed by atoms with Gasteiger partial charge in [0.2, 0.25) is 0 Å². The predicted molar refractivity (Wildman–Crippen MR) is 112 cm³/mol. The number of aryl methyl sites for hydroxylation is 1. The van der Waals surface area contributed by atoms with Crippen LogP contribution in [0.4, 0.5) is 0 Å². The molecule has 0 amide bonds. The molecule has 0 radical (unpaired) electrons. The summed E-state index contributed by atoms with van der Waals surface area (Å²) in [5, 5.41) is 8.33. The monoisotopic (exact) mass is 484 g/mol. The SMILES string of the molecule is O=C(CCc1nc2ccccc2c(=O)n1C1CC1)OCc1nnc(-c2ccc(Br)o2)o1. The lowest BCUT2D eigenvalue weighted by Crippen LogP contribution is -2.25. The normalized spacial score (nSPS) is 13.6. The van der Waals surface area contributed by atoms with Crippen LogP contribution >= 0.6 is 15.9 Å². The highest BCUT2D eigenvalue weighted by Gasteiger charge is 2.28. The first-order valence-corrected chi connectivity index (χ1v) is 10.6. The van der Waals surface area contributed by atoms with E-state index in [1.807, 2.05) is 12.1 Å². The van der Waals surface area contributed by atoms with Crippen molar-refractivity contribution in [3.05, 3.63) is 63.1 Å². The van der Waals surface area contributed by atoms with E-state index in [2.05, 4.69) is 31.1 Å². The number of para-hydroxylation sites is 1. The zero-order valence-corrected chi connectivity index (χ0v) is 17.9. The molecule has 10 heteroatoms. The molecule has 0 saturated heterocycles. The lowest BCUT2D eigenvalue weighted by atomic mass is 10.2. The Morgan fingerprint density at radius 3 is 2.77 bits per heavy atom. The summed E-state index contributed by atoms with van der Waals surface area (Å²) in [5.41, 5.74) is 0.579. The second kappa shape index (κ2) is 8.10. The molecular formula is C21H17BrN4O5. The van der Waals surface area contributed by atoms with E-state index in [-0.39, 0.29) is 36.4 Å². The smallest absolute Gasteiger partial charge is 0.306 e. The molecule has 0 atom stereocenters. The van der Waals surface area contributed by atoms with E-state index < -0.39 is 5.97 Å². The summed E-state index contributed by atoms with van der Waals surface area (Å²) in [5.74, 6) is 0.939. The fourth-order valence-electron chi connectivity index (χ4n) is 3.35. The molecule has 158 valence electrons. The second-order valence-electron chi connectivity index (χ2n) is 7.22. The summed E-state index contributed by atoms with van der Waals surface area (Å²) in [4.78, 5) is 29.8. The van der Waals surface area contributed by atoms with Crippen molar-refractivity contribution >= 4 is 32.8 Å². The van der Waals surface area contributed by atoms with Gasteiger partial charge in [0.25, 0.3) is 17.3 Å². The number of ether oxygens (including phenoxy) is 1. The number of carbonyl (C=O) groups excluding carboxylic acids is 1. The zero-order valence-electron chi connectivity index (χ0n) is 16.3. The van der Waals surface area contributed by atoms with Crippen molar-refractivity contribution in [3.8, 4) is 11.7 Å². The Bertz CT molecular complexity index is 1320. The van der Waals surface area contributed by atoms with Crippen molar-refractivity contribution < 1.29 is 18.4 Å². The van der Waals surface area contributed by atoms with Crippen LogP contribution in [0, 0.1) is 0 Å². The third-order valence-corrected chi connectivity index (χ3v) is 5.38. The highest BCUT2D eigenvalue weighted by atomic mass is 79.9. The number of aromatic nitrogens is 4. The third kappa shape index (κ3) is 4.15. The number of furan rings is 1. The maximum atomic E-state index is 12.9. The molecule has 4 aromatic rings. The van der Waals surface area contributed by atoms with Gasteiger partial charge < -0.3 is 13.6 Å². The van der Waals surface area contributed by atoms with E-state index in [9.17, 15) is 9.59 Å². The molecule has 0 unspecified atom stereocenters. The van der Waals surface area contributed by atoms with Gasteiger partial charge in [-0.15, -0.1) is 10.2 Å². The second-order valence-corrected chi connectivity index (χ2v) is 8.00. The predicted octanol–water partition coefficient (Wildman–Crippen LogP) is 3.81. The van der Waals surface area contributed by atoms with Crippen molar-refractivity contribution in [2.75, 3.05) is 0 Å². The van der Waals surface area contributed by atoms with E-state index >= 15 is 0 Å². The molecule has 3 heterocycles. The van der Waals surface area contributed by atoms with Crippen molar-refractivity contribution in [3.63, 3.8) is 0 Å². The minimum atomic E-state index is -0.440. The van der Waals surface area contributed by atoms with E-state index in [4.69, 9.17) is 13.6 Å². The number of halogens is 1. The summed E-state index contributed by atoms with van der Waals surface area (Å²) in [6, 6.07) is 10.8. The van der Waals surface area contributed by atoms with Gasteiger partial charge in [-0.1, -0.05) is 12.1 Å². The molecule has 0 N–H and O–H groups in total. The van der Waals surface area contributed by atoms with Gasteiger partial charge >= 0.3 is 5.97 Å². The van der Waals surface area contributed by atoms with Gasteiger partial charge in [0.05, 0.1) is 17.3 Å². The third-order valence-electron chi connectivity index (χ3n) is 4.95. The largest absolute Gasteiger partial charge is 0.456 e. The van der Waals surface area contributed by atoms with E-state index in [0.717, 1.165) is 12.8 Å². The molecule has 1 fully saturated rings. The van der Waals surface area contributed by atoms with Crippen molar-refractivity contribution in [1.82, 2.24) is 19.7 Å². The Hall–Kier alpha value is -3.27. The first kappa shape index (κ1) is 19.7. The average molecular weight is 485 g/mol. The highest BCUT2D eigenvalue weighted by Crippen LogP contribution is 2.35. The van der Waals surface area contributed by atoms with E-state index in [1.54, 1.807) is 28.8 Å². The van der Waals surface area contributed by atoms with Gasteiger partial charge in [0.1, 0.15) is 5.82 Å². The molecule has 9 nitrogen and oxygen atoms in total. The van der Waals surface area contributed by atoms with Gasteiger partial charge in [-0.05, 0) is 53.0 Å². The number of benzene rings is 1. The Labute approximate surface area is 184 Å². The Morgan fingerprint density at radius 1 is 1.16 bits per heavy atom. The molecule has 0 spiro atoms. The minimum Gasteiger partial charge on any atom is -0.456 e. The highest BCUT2D eigenvalue weighted by molar-refractivity contribution is 9.10. The molecule has 31 heavy (non-hydrogen) atoms. The quantitative estimate of drug-likeness (QED) is 0.363. The molecule has 5 rings (SSSR count). The van der Waals surface area contributed by atoms with Crippen LogP contribution in [-0.2, 0) is 22.6 Å². The number of esters is 1. The molecule has 1 aliphatic carbocycles. The fourth-order valence-corrected chi connectivity index (χ4v) is 3.65. The summed E-state index contributed by atoms with van der Waals surface area (Å²) in [6.07, 6.45) is 2.29. The van der Waals surface area contributed by atoms with Crippen molar-refractivity contribution in [1.29, 1.82) is 0 Å². The van der Waals surface area contributed by atoms with Gasteiger partial charge in [0, 0.05) is 12.5 Å². The summed E-state index contributed by atoms with van der Waals surface area (Å²) in [6.45, 7) is -0.145. The van der Waals surface area contributed by atoms with Crippen molar-refractivity contribution in [2.45, 2.75) is 38.3 Å². The van der Waals surface area contributed by atoms with Gasteiger partial charge in [-0.2, -0.15) is 0 Å². The number of hydrogen-bond acceptors (Lipinski definition) is 8. The van der Waals surface area contributed by atoms with Crippen LogP contribution in [0.1, 0.15) is 37.0 Å². The number of carbonyl (C=O) groups is 1. The lowest BCUT2D eigenvalue weighted by molar-refractivity contribution is -0.145. The number of rotatable bonds is 7. The molecular weight excluding hydrogens is 468 g/mol. The molecule has 1 saturated carbocycles. The number of nitrogens with zero attached hydrogens (tertiary/aromatic N) is 4. The molecule has 0 aliphatic heterocycles. The van der Waals surface area contributed by atoms with Crippen LogP contribution in [0.5, 0.6) is 0 Å². The summed E-state index contributed by atoms with van der Waals surface area (Å²) >= 11 is 3.21. The molecule has 1 aromatic carbocycles. The maximum absolute atomic E-state index is 12.9.